The Balaban J connectivity index is 1.34. The van der Waals surface area contributed by atoms with E-state index in [4.69, 9.17) is 23.7 Å². The van der Waals surface area contributed by atoms with Gasteiger partial charge in [0.05, 0.1) is 39.6 Å². The molecule has 0 aromatic heterocycles. The van der Waals surface area contributed by atoms with E-state index in [1.807, 2.05) is 30.3 Å². The summed E-state index contributed by atoms with van der Waals surface area (Å²) >= 11 is 0. The maximum absolute atomic E-state index is 5.75. The molecule has 0 heterocycles. The Morgan fingerprint density at radius 2 is 0.970 bits per heavy atom. The molecule has 0 amide bonds. The highest BCUT2D eigenvalue weighted by Crippen LogP contribution is 2.15. The lowest BCUT2D eigenvalue weighted by Crippen LogP contribution is -2.14. The molecule has 2 aromatic rings. The summed E-state index contributed by atoms with van der Waals surface area (Å²) in [7, 11) is 0. The fourth-order valence-electron chi connectivity index (χ4n) is 3.36. The molecule has 0 saturated carbocycles. The topological polar surface area (TPSA) is 46.2 Å². The van der Waals surface area contributed by atoms with Crippen LogP contribution in [0.15, 0.2) is 54.6 Å². The molecule has 0 atom stereocenters. The minimum absolute atomic E-state index is 0.537. The van der Waals surface area contributed by atoms with Crippen molar-refractivity contribution < 1.29 is 23.7 Å². The van der Waals surface area contributed by atoms with Crippen LogP contribution in [0.1, 0.15) is 51.0 Å². The average molecular weight is 459 g/mol. The lowest BCUT2D eigenvalue weighted by Gasteiger charge is -2.09. The van der Waals surface area contributed by atoms with E-state index in [1.165, 1.54) is 44.1 Å². The molecule has 0 radical (unpaired) electrons. The summed E-state index contributed by atoms with van der Waals surface area (Å²) < 4.78 is 27.9. The lowest BCUT2D eigenvalue weighted by molar-refractivity contribution is 0.00499. The smallest absolute Gasteiger partial charge is 0.119 e. The second kappa shape index (κ2) is 19.4. The van der Waals surface area contributed by atoms with E-state index in [0.717, 1.165) is 17.9 Å². The number of para-hydroxylation sites is 1. The molecule has 0 spiro atoms. The van der Waals surface area contributed by atoms with Crippen molar-refractivity contribution >= 4 is 0 Å². The van der Waals surface area contributed by atoms with Crippen molar-refractivity contribution in [3.05, 3.63) is 60.2 Å². The zero-order valence-corrected chi connectivity index (χ0v) is 20.3. The molecule has 184 valence electrons. The minimum Gasteiger partial charge on any atom is -0.491 e. The molecular formula is C28H42O5. The highest BCUT2D eigenvalue weighted by Gasteiger charge is 1.98. The number of aryl methyl sites for hydroxylation is 1. The second-order valence-electron chi connectivity index (χ2n) is 8.01. The summed E-state index contributed by atoms with van der Waals surface area (Å²) in [6.07, 6.45) is 9.16. The van der Waals surface area contributed by atoms with Crippen LogP contribution in [0.2, 0.25) is 0 Å². The summed E-state index contributed by atoms with van der Waals surface area (Å²) in [6.45, 7) is 6.65. The van der Waals surface area contributed by atoms with Crippen LogP contribution in [0.5, 0.6) is 11.5 Å². The molecule has 0 bridgehead atoms. The van der Waals surface area contributed by atoms with Gasteiger partial charge in [0.2, 0.25) is 0 Å². The maximum atomic E-state index is 5.75. The molecule has 5 heteroatoms. The van der Waals surface area contributed by atoms with E-state index < -0.39 is 0 Å². The number of rotatable bonds is 21. The van der Waals surface area contributed by atoms with E-state index in [9.17, 15) is 0 Å². The van der Waals surface area contributed by atoms with Gasteiger partial charge in [0.1, 0.15) is 24.7 Å². The predicted molar refractivity (Wildman–Crippen MR) is 133 cm³/mol. The molecule has 0 N–H and O–H groups in total. The largest absolute Gasteiger partial charge is 0.491 e. The summed E-state index contributed by atoms with van der Waals surface area (Å²) in [5, 5.41) is 0. The number of hydrogen-bond donors (Lipinski definition) is 0. The number of benzene rings is 2. The fourth-order valence-corrected chi connectivity index (χ4v) is 3.36. The summed E-state index contributed by atoms with van der Waals surface area (Å²) in [4.78, 5) is 0. The third-order valence-corrected chi connectivity index (χ3v) is 5.22. The molecule has 0 unspecified atom stereocenters. The van der Waals surface area contributed by atoms with Gasteiger partial charge in [-0.2, -0.15) is 0 Å². The van der Waals surface area contributed by atoms with Crippen molar-refractivity contribution in [2.45, 2.75) is 51.9 Å². The van der Waals surface area contributed by atoms with Crippen LogP contribution >= 0.6 is 0 Å². The van der Waals surface area contributed by atoms with Gasteiger partial charge in [-0.1, -0.05) is 69.4 Å². The van der Waals surface area contributed by atoms with Crippen LogP contribution in [0.4, 0.5) is 0 Å². The molecular weight excluding hydrogens is 416 g/mol. The first kappa shape index (κ1) is 27.2. The SMILES string of the molecule is CCCCCCCCc1ccc(OCCOCCOCCOCCOc2ccccc2)cc1. The number of unbranched alkanes of at least 4 members (excludes halogenated alkanes) is 5. The van der Waals surface area contributed by atoms with Gasteiger partial charge >= 0.3 is 0 Å². The second-order valence-corrected chi connectivity index (χ2v) is 8.01. The van der Waals surface area contributed by atoms with Gasteiger partial charge in [-0.15, -0.1) is 0 Å². The molecule has 2 aromatic carbocycles. The Hall–Kier alpha value is -2.08. The summed E-state index contributed by atoms with van der Waals surface area (Å²) in [5.74, 6) is 1.76. The first-order valence-electron chi connectivity index (χ1n) is 12.5. The maximum Gasteiger partial charge on any atom is 0.119 e. The molecule has 0 saturated heterocycles. The zero-order valence-electron chi connectivity index (χ0n) is 20.3. The lowest BCUT2D eigenvalue weighted by atomic mass is 10.0. The van der Waals surface area contributed by atoms with Crippen LogP contribution in [-0.4, -0.2) is 52.9 Å². The van der Waals surface area contributed by atoms with Crippen LogP contribution in [0.25, 0.3) is 0 Å². The van der Waals surface area contributed by atoms with Gasteiger partial charge in [0, 0.05) is 0 Å². The van der Waals surface area contributed by atoms with Gasteiger partial charge in [-0.05, 0) is 42.7 Å². The van der Waals surface area contributed by atoms with E-state index >= 15 is 0 Å². The molecule has 0 aliphatic heterocycles. The Bertz CT molecular complexity index is 674. The quantitative estimate of drug-likeness (QED) is 0.212. The molecule has 5 nitrogen and oxygen atoms in total. The minimum atomic E-state index is 0.537. The summed E-state index contributed by atoms with van der Waals surface area (Å²) in [5.41, 5.74) is 1.39. The highest BCUT2D eigenvalue weighted by atomic mass is 16.6. The fraction of sp³-hybridized carbons (Fsp3) is 0.571. The Morgan fingerprint density at radius 1 is 0.485 bits per heavy atom. The molecule has 0 aliphatic rings. The standard InChI is InChI=1S/C28H42O5/c1-2-3-4-5-6-8-11-26-14-16-28(17-15-26)33-25-23-31-21-19-29-18-20-30-22-24-32-27-12-9-7-10-13-27/h7,9-10,12-17H,2-6,8,11,18-25H2,1H3. The van der Waals surface area contributed by atoms with Gasteiger partial charge in [-0.3, -0.25) is 0 Å². The van der Waals surface area contributed by atoms with Gasteiger partial charge in [0.25, 0.3) is 0 Å². The van der Waals surface area contributed by atoms with Crippen molar-refractivity contribution in [1.29, 1.82) is 0 Å². The third kappa shape index (κ3) is 14.6. The first-order valence-corrected chi connectivity index (χ1v) is 12.5. The van der Waals surface area contributed by atoms with E-state index in [-0.39, 0.29) is 0 Å². The van der Waals surface area contributed by atoms with Crippen LogP contribution < -0.4 is 9.47 Å². The first-order chi connectivity index (χ1) is 16.4. The zero-order chi connectivity index (χ0) is 23.2. The van der Waals surface area contributed by atoms with Crippen LogP contribution in [0, 0.1) is 0 Å². The normalized spacial score (nSPS) is 10.9. The van der Waals surface area contributed by atoms with Crippen molar-refractivity contribution in [1.82, 2.24) is 0 Å². The number of hydrogen-bond acceptors (Lipinski definition) is 5. The van der Waals surface area contributed by atoms with E-state index in [1.54, 1.807) is 0 Å². The molecule has 0 fully saturated rings. The third-order valence-electron chi connectivity index (χ3n) is 5.22. The van der Waals surface area contributed by atoms with Gasteiger partial charge < -0.3 is 23.7 Å². The van der Waals surface area contributed by atoms with Crippen molar-refractivity contribution in [2.75, 3.05) is 52.9 Å². The highest BCUT2D eigenvalue weighted by molar-refractivity contribution is 5.27. The number of ether oxygens (including phenoxy) is 5. The van der Waals surface area contributed by atoms with Crippen molar-refractivity contribution in [3.8, 4) is 11.5 Å². The summed E-state index contributed by atoms with van der Waals surface area (Å²) in [6, 6.07) is 18.2. The van der Waals surface area contributed by atoms with Gasteiger partial charge in [-0.25, -0.2) is 0 Å². The van der Waals surface area contributed by atoms with E-state index in [2.05, 4.69) is 31.2 Å². The Labute approximate surface area is 200 Å². The molecule has 2 rings (SSSR count). The van der Waals surface area contributed by atoms with Crippen molar-refractivity contribution in [2.24, 2.45) is 0 Å². The molecule has 33 heavy (non-hydrogen) atoms. The monoisotopic (exact) mass is 458 g/mol. The predicted octanol–water partition coefficient (Wildman–Crippen LogP) is 6.10. The van der Waals surface area contributed by atoms with Crippen LogP contribution in [0.3, 0.4) is 0 Å². The molecule has 0 aliphatic carbocycles. The van der Waals surface area contributed by atoms with Crippen molar-refractivity contribution in [3.63, 3.8) is 0 Å². The van der Waals surface area contributed by atoms with Gasteiger partial charge in [0.15, 0.2) is 0 Å². The van der Waals surface area contributed by atoms with E-state index in [0.29, 0.717) is 52.9 Å². The Kier molecular flexibility index (Phi) is 16.0. The average Bonchev–Trinajstić information content (AvgIpc) is 2.85. The Morgan fingerprint density at radius 3 is 1.55 bits per heavy atom. The van der Waals surface area contributed by atoms with Crippen LogP contribution in [-0.2, 0) is 20.6 Å².